The second-order valence-corrected chi connectivity index (χ2v) is 4.38. The molecule has 1 heterocycles. The molecule has 0 saturated carbocycles. The molecule has 0 fully saturated rings. The van der Waals surface area contributed by atoms with Gasteiger partial charge >= 0.3 is 0 Å². The Labute approximate surface area is 98.0 Å². The van der Waals surface area contributed by atoms with Crippen LogP contribution in [0.3, 0.4) is 0 Å². The number of nitrogens with one attached hydrogen (secondary N) is 1. The van der Waals surface area contributed by atoms with Crippen LogP contribution < -0.4 is 5.32 Å². The molecular formula is C12H23N3O. The van der Waals surface area contributed by atoms with Crippen LogP contribution in [0.1, 0.15) is 32.6 Å². The predicted molar refractivity (Wildman–Crippen MR) is 65.3 cm³/mol. The lowest BCUT2D eigenvalue weighted by atomic mass is 9.98. The van der Waals surface area contributed by atoms with Gasteiger partial charge in [0.1, 0.15) is 5.82 Å². The SMILES string of the molecule is CCNC(c1nccn1C)C(OC)C(C)C. The summed E-state index contributed by atoms with van der Waals surface area (Å²) in [5.41, 5.74) is 0. The van der Waals surface area contributed by atoms with Gasteiger partial charge in [-0.3, -0.25) is 0 Å². The van der Waals surface area contributed by atoms with Crippen molar-refractivity contribution in [3.63, 3.8) is 0 Å². The van der Waals surface area contributed by atoms with E-state index in [9.17, 15) is 0 Å². The zero-order valence-corrected chi connectivity index (χ0v) is 10.9. The van der Waals surface area contributed by atoms with Crippen molar-refractivity contribution < 1.29 is 4.74 Å². The molecular weight excluding hydrogens is 202 g/mol. The minimum Gasteiger partial charge on any atom is -0.379 e. The summed E-state index contributed by atoms with van der Waals surface area (Å²) >= 11 is 0. The van der Waals surface area contributed by atoms with Crippen LogP contribution in [0, 0.1) is 5.92 Å². The Bertz CT molecular complexity index is 309. The monoisotopic (exact) mass is 225 g/mol. The van der Waals surface area contributed by atoms with Crippen molar-refractivity contribution in [1.82, 2.24) is 14.9 Å². The number of ether oxygens (including phenoxy) is 1. The third kappa shape index (κ3) is 2.83. The van der Waals surface area contributed by atoms with Crippen LogP contribution in [0.4, 0.5) is 0 Å². The van der Waals surface area contributed by atoms with Crippen molar-refractivity contribution in [2.24, 2.45) is 13.0 Å². The van der Waals surface area contributed by atoms with Crippen molar-refractivity contribution in [2.75, 3.05) is 13.7 Å². The topological polar surface area (TPSA) is 39.1 Å². The fourth-order valence-electron chi connectivity index (χ4n) is 2.04. The van der Waals surface area contributed by atoms with E-state index in [4.69, 9.17) is 4.74 Å². The van der Waals surface area contributed by atoms with Gasteiger partial charge in [-0.05, 0) is 12.5 Å². The van der Waals surface area contributed by atoms with Gasteiger partial charge in [-0.25, -0.2) is 4.98 Å². The average Bonchev–Trinajstić information content (AvgIpc) is 2.63. The van der Waals surface area contributed by atoms with Gasteiger partial charge in [-0.1, -0.05) is 20.8 Å². The van der Waals surface area contributed by atoms with Gasteiger partial charge in [-0.15, -0.1) is 0 Å². The second kappa shape index (κ2) is 6.01. The molecule has 0 bridgehead atoms. The smallest absolute Gasteiger partial charge is 0.128 e. The lowest BCUT2D eigenvalue weighted by Gasteiger charge is -2.29. The van der Waals surface area contributed by atoms with E-state index in [0.717, 1.165) is 12.4 Å². The summed E-state index contributed by atoms with van der Waals surface area (Å²) in [6, 6.07) is 0.148. The fraction of sp³-hybridized carbons (Fsp3) is 0.750. The normalized spacial score (nSPS) is 15.4. The number of methoxy groups -OCH3 is 1. The van der Waals surface area contributed by atoms with Crippen LogP contribution in [-0.2, 0) is 11.8 Å². The van der Waals surface area contributed by atoms with Crippen molar-refractivity contribution in [1.29, 1.82) is 0 Å². The van der Waals surface area contributed by atoms with Gasteiger partial charge in [-0.2, -0.15) is 0 Å². The molecule has 0 aliphatic rings. The number of nitrogens with zero attached hydrogens (tertiary/aromatic N) is 2. The predicted octanol–water partition coefficient (Wildman–Crippen LogP) is 1.74. The highest BCUT2D eigenvalue weighted by atomic mass is 16.5. The Balaban J connectivity index is 2.93. The van der Waals surface area contributed by atoms with Gasteiger partial charge in [0.25, 0.3) is 0 Å². The lowest BCUT2D eigenvalue weighted by molar-refractivity contribution is 0.0299. The summed E-state index contributed by atoms with van der Waals surface area (Å²) in [4.78, 5) is 4.41. The Morgan fingerprint density at radius 1 is 1.50 bits per heavy atom. The van der Waals surface area contributed by atoms with E-state index in [1.54, 1.807) is 7.11 Å². The van der Waals surface area contributed by atoms with Crippen LogP contribution in [0.5, 0.6) is 0 Å². The van der Waals surface area contributed by atoms with E-state index in [1.165, 1.54) is 0 Å². The minimum atomic E-state index is 0.140. The molecule has 0 aliphatic carbocycles. The first-order valence-corrected chi connectivity index (χ1v) is 5.85. The van der Waals surface area contributed by atoms with E-state index >= 15 is 0 Å². The molecule has 1 N–H and O–H groups in total. The first kappa shape index (κ1) is 13.2. The van der Waals surface area contributed by atoms with Gasteiger partial charge in [0, 0.05) is 26.6 Å². The van der Waals surface area contributed by atoms with Gasteiger partial charge in [0.15, 0.2) is 0 Å². The standard InChI is InChI=1S/C12H23N3O/c1-6-13-10(11(16-5)9(2)3)12-14-7-8-15(12)4/h7-11,13H,6H2,1-5H3. The van der Waals surface area contributed by atoms with Crippen LogP contribution in [-0.4, -0.2) is 29.3 Å². The van der Waals surface area contributed by atoms with Crippen molar-refractivity contribution in [2.45, 2.75) is 32.9 Å². The average molecular weight is 225 g/mol. The zero-order valence-electron chi connectivity index (χ0n) is 10.9. The van der Waals surface area contributed by atoms with Crippen LogP contribution in [0.2, 0.25) is 0 Å². The van der Waals surface area contributed by atoms with E-state index in [0.29, 0.717) is 5.92 Å². The minimum absolute atomic E-state index is 0.140. The third-order valence-corrected chi connectivity index (χ3v) is 2.82. The molecule has 2 unspecified atom stereocenters. The molecule has 0 radical (unpaired) electrons. The summed E-state index contributed by atoms with van der Waals surface area (Å²) in [7, 11) is 3.78. The van der Waals surface area contributed by atoms with E-state index < -0.39 is 0 Å². The largest absolute Gasteiger partial charge is 0.379 e. The molecule has 1 aromatic heterocycles. The molecule has 0 saturated heterocycles. The Hall–Kier alpha value is -0.870. The number of aromatic nitrogens is 2. The van der Waals surface area contributed by atoms with E-state index in [1.807, 2.05) is 24.0 Å². The molecule has 1 rings (SSSR count). The first-order valence-electron chi connectivity index (χ1n) is 5.85. The van der Waals surface area contributed by atoms with Gasteiger partial charge in [0.05, 0.1) is 12.1 Å². The molecule has 1 aromatic rings. The number of likely N-dealkylation sites (N-methyl/N-ethyl adjacent to an activating group) is 1. The van der Waals surface area contributed by atoms with Crippen LogP contribution in [0.15, 0.2) is 12.4 Å². The summed E-state index contributed by atoms with van der Waals surface area (Å²) in [6.45, 7) is 7.34. The van der Waals surface area contributed by atoms with Gasteiger partial charge < -0.3 is 14.6 Å². The molecule has 0 spiro atoms. The highest BCUT2D eigenvalue weighted by Gasteiger charge is 2.27. The summed E-state index contributed by atoms with van der Waals surface area (Å²) in [5.74, 6) is 1.48. The third-order valence-electron chi connectivity index (χ3n) is 2.82. The molecule has 4 heteroatoms. The first-order chi connectivity index (χ1) is 7.61. The van der Waals surface area contributed by atoms with E-state index in [2.05, 4.69) is 31.1 Å². The highest BCUT2D eigenvalue weighted by Crippen LogP contribution is 2.22. The maximum absolute atomic E-state index is 5.59. The second-order valence-electron chi connectivity index (χ2n) is 4.38. The summed E-state index contributed by atoms with van der Waals surface area (Å²) < 4.78 is 7.63. The maximum atomic E-state index is 5.59. The van der Waals surface area contributed by atoms with Crippen LogP contribution in [0.25, 0.3) is 0 Å². The van der Waals surface area contributed by atoms with Crippen molar-refractivity contribution in [3.8, 4) is 0 Å². The zero-order chi connectivity index (χ0) is 12.1. The van der Waals surface area contributed by atoms with Crippen LogP contribution >= 0.6 is 0 Å². The molecule has 0 aromatic carbocycles. The lowest BCUT2D eigenvalue weighted by Crippen LogP contribution is -2.38. The molecule has 2 atom stereocenters. The molecule has 92 valence electrons. The number of aryl methyl sites for hydroxylation is 1. The summed E-state index contributed by atoms with van der Waals surface area (Å²) in [5, 5.41) is 3.45. The Morgan fingerprint density at radius 3 is 2.56 bits per heavy atom. The Kier molecular flexibility index (Phi) is 4.96. The number of hydrogen-bond acceptors (Lipinski definition) is 3. The number of hydrogen-bond donors (Lipinski definition) is 1. The Morgan fingerprint density at radius 2 is 2.19 bits per heavy atom. The van der Waals surface area contributed by atoms with E-state index in [-0.39, 0.29) is 12.1 Å². The summed E-state index contributed by atoms with van der Waals surface area (Å²) in [6.07, 6.45) is 3.93. The number of rotatable bonds is 6. The molecule has 0 amide bonds. The van der Waals surface area contributed by atoms with Gasteiger partial charge in [0.2, 0.25) is 0 Å². The maximum Gasteiger partial charge on any atom is 0.128 e. The fourth-order valence-corrected chi connectivity index (χ4v) is 2.04. The van der Waals surface area contributed by atoms with Crippen molar-refractivity contribution >= 4 is 0 Å². The quantitative estimate of drug-likeness (QED) is 0.801. The molecule has 16 heavy (non-hydrogen) atoms. The highest BCUT2D eigenvalue weighted by molar-refractivity contribution is 5.02. The molecule has 0 aliphatic heterocycles. The van der Waals surface area contributed by atoms with Crippen molar-refractivity contribution in [3.05, 3.63) is 18.2 Å². The molecule has 4 nitrogen and oxygen atoms in total. The number of imidazole rings is 1.